The summed E-state index contributed by atoms with van der Waals surface area (Å²) in [6, 6.07) is 0. The maximum Gasteiger partial charge on any atom is 0.0815 e. The molecule has 1 saturated heterocycles. The van der Waals surface area contributed by atoms with Crippen LogP contribution in [0.15, 0.2) is 0 Å². The first-order valence-electron chi connectivity index (χ1n) is 9.28. The fourth-order valence-electron chi connectivity index (χ4n) is 2.99. The van der Waals surface area contributed by atoms with Crippen molar-refractivity contribution < 1.29 is 9.84 Å². The molecule has 1 fully saturated rings. The van der Waals surface area contributed by atoms with Crippen LogP contribution in [-0.4, -0.2) is 37.0 Å². The first-order chi connectivity index (χ1) is 10.3. The predicted octanol–water partition coefficient (Wildman–Crippen LogP) is 4.04. The lowest BCUT2D eigenvalue weighted by molar-refractivity contribution is -0.0614. The maximum absolute atomic E-state index is 10.3. The van der Waals surface area contributed by atoms with Crippen molar-refractivity contribution in [1.29, 1.82) is 0 Å². The van der Waals surface area contributed by atoms with Crippen LogP contribution in [0.25, 0.3) is 0 Å². The molecule has 0 aromatic carbocycles. The van der Waals surface area contributed by atoms with Crippen LogP contribution in [-0.2, 0) is 4.74 Å². The van der Waals surface area contributed by atoms with E-state index in [1.807, 2.05) is 0 Å². The van der Waals surface area contributed by atoms with Crippen molar-refractivity contribution in [3.63, 3.8) is 0 Å². The second kappa shape index (κ2) is 12.4. The summed E-state index contributed by atoms with van der Waals surface area (Å²) in [5.74, 6) is 0. The minimum atomic E-state index is -0.517. The lowest BCUT2D eigenvalue weighted by Crippen LogP contribution is -2.45. The van der Waals surface area contributed by atoms with Crippen molar-refractivity contribution in [2.24, 2.45) is 0 Å². The molecule has 0 atom stereocenters. The van der Waals surface area contributed by atoms with Crippen molar-refractivity contribution in [3.8, 4) is 0 Å². The van der Waals surface area contributed by atoms with Crippen LogP contribution in [0.2, 0.25) is 0 Å². The highest BCUT2D eigenvalue weighted by molar-refractivity contribution is 4.83. The van der Waals surface area contributed by atoms with Crippen LogP contribution in [0.3, 0.4) is 0 Å². The Labute approximate surface area is 131 Å². The van der Waals surface area contributed by atoms with E-state index in [2.05, 4.69) is 12.2 Å². The molecule has 0 aromatic rings. The van der Waals surface area contributed by atoms with Crippen LogP contribution in [0.4, 0.5) is 0 Å². The summed E-state index contributed by atoms with van der Waals surface area (Å²) in [5.41, 5.74) is -0.517. The molecule has 0 aromatic heterocycles. The van der Waals surface area contributed by atoms with Gasteiger partial charge in [-0.05, 0) is 13.0 Å². The highest BCUT2D eigenvalue weighted by Crippen LogP contribution is 2.19. The SMILES string of the molecule is CCCCCCCCCCCCNCC1(O)CCOCC1. The summed E-state index contributed by atoms with van der Waals surface area (Å²) in [6.07, 6.45) is 15.3. The summed E-state index contributed by atoms with van der Waals surface area (Å²) in [6.45, 7) is 5.45. The number of aliphatic hydroxyl groups is 1. The van der Waals surface area contributed by atoms with Crippen molar-refractivity contribution in [2.75, 3.05) is 26.3 Å². The number of hydrogen-bond acceptors (Lipinski definition) is 3. The number of ether oxygens (including phenoxy) is 1. The van der Waals surface area contributed by atoms with Crippen LogP contribution >= 0.6 is 0 Å². The summed E-state index contributed by atoms with van der Waals surface area (Å²) in [5, 5.41) is 13.7. The molecule has 0 radical (unpaired) electrons. The van der Waals surface area contributed by atoms with Gasteiger partial charge < -0.3 is 15.2 Å². The molecule has 3 heteroatoms. The number of rotatable bonds is 13. The van der Waals surface area contributed by atoms with Gasteiger partial charge in [0.2, 0.25) is 0 Å². The number of nitrogens with one attached hydrogen (secondary N) is 1. The van der Waals surface area contributed by atoms with Crippen molar-refractivity contribution in [2.45, 2.75) is 89.6 Å². The van der Waals surface area contributed by atoms with E-state index in [-0.39, 0.29) is 0 Å². The van der Waals surface area contributed by atoms with Crippen LogP contribution in [0, 0.1) is 0 Å². The van der Waals surface area contributed by atoms with Crippen molar-refractivity contribution >= 4 is 0 Å². The lowest BCUT2D eigenvalue weighted by Gasteiger charge is -2.32. The fourth-order valence-corrected chi connectivity index (χ4v) is 2.99. The molecule has 21 heavy (non-hydrogen) atoms. The molecule has 1 aliphatic rings. The number of unbranched alkanes of at least 4 members (excludes halogenated alkanes) is 9. The molecule has 0 aliphatic carbocycles. The minimum absolute atomic E-state index is 0.517. The van der Waals surface area contributed by atoms with Gasteiger partial charge in [0.1, 0.15) is 0 Å². The zero-order valence-electron chi connectivity index (χ0n) is 14.2. The minimum Gasteiger partial charge on any atom is -0.388 e. The second-order valence-electron chi connectivity index (χ2n) is 6.70. The summed E-state index contributed by atoms with van der Waals surface area (Å²) >= 11 is 0. The van der Waals surface area contributed by atoms with Crippen LogP contribution in [0.1, 0.15) is 84.0 Å². The summed E-state index contributed by atoms with van der Waals surface area (Å²) in [7, 11) is 0. The van der Waals surface area contributed by atoms with E-state index < -0.39 is 5.60 Å². The molecule has 1 aliphatic heterocycles. The van der Waals surface area contributed by atoms with Gasteiger partial charge >= 0.3 is 0 Å². The van der Waals surface area contributed by atoms with Crippen LogP contribution < -0.4 is 5.32 Å². The average molecular weight is 299 g/mol. The third-order valence-corrected chi connectivity index (χ3v) is 4.58. The van der Waals surface area contributed by atoms with Gasteiger partial charge in [0.25, 0.3) is 0 Å². The molecule has 3 nitrogen and oxygen atoms in total. The molecule has 2 N–H and O–H groups in total. The summed E-state index contributed by atoms with van der Waals surface area (Å²) in [4.78, 5) is 0. The molecule has 0 unspecified atom stereocenters. The Bertz CT molecular complexity index is 227. The molecule has 1 rings (SSSR count). The van der Waals surface area contributed by atoms with E-state index in [0.717, 1.165) is 25.9 Å². The van der Waals surface area contributed by atoms with E-state index in [9.17, 15) is 5.11 Å². The van der Waals surface area contributed by atoms with Gasteiger partial charge in [0, 0.05) is 32.6 Å². The molecule has 0 amide bonds. The fraction of sp³-hybridized carbons (Fsp3) is 1.00. The zero-order valence-corrected chi connectivity index (χ0v) is 14.2. The first-order valence-corrected chi connectivity index (χ1v) is 9.28. The van der Waals surface area contributed by atoms with Gasteiger partial charge in [-0.25, -0.2) is 0 Å². The predicted molar refractivity (Wildman–Crippen MR) is 89.7 cm³/mol. The van der Waals surface area contributed by atoms with Crippen molar-refractivity contribution in [1.82, 2.24) is 5.32 Å². The standard InChI is InChI=1S/C18H37NO2/c1-2-3-4-5-6-7-8-9-10-11-14-19-17-18(20)12-15-21-16-13-18/h19-20H,2-17H2,1H3. The van der Waals surface area contributed by atoms with Gasteiger partial charge in [-0.15, -0.1) is 0 Å². The molecule has 126 valence electrons. The van der Waals surface area contributed by atoms with Crippen molar-refractivity contribution in [3.05, 3.63) is 0 Å². The highest BCUT2D eigenvalue weighted by atomic mass is 16.5. The summed E-state index contributed by atoms with van der Waals surface area (Å²) < 4.78 is 5.29. The Morgan fingerprint density at radius 2 is 1.38 bits per heavy atom. The Balaban J connectivity index is 1.78. The van der Waals surface area contributed by atoms with E-state index in [1.165, 1.54) is 64.2 Å². The Hall–Kier alpha value is -0.120. The van der Waals surface area contributed by atoms with E-state index >= 15 is 0 Å². The van der Waals surface area contributed by atoms with Gasteiger partial charge in [0.05, 0.1) is 5.60 Å². The maximum atomic E-state index is 10.3. The van der Waals surface area contributed by atoms with Gasteiger partial charge in [-0.2, -0.15) is 0 Å². The van der Waals surface area contributed by atoms with Gasteiger partial charge in [-0.3, -0.25) is 0 Å². The van der Waals surface area contributed by atoms with E-state index in [1.54, 1.807) is 0 Å². The molecule has 1 heterocycles. The van der Waals surface area contributed by atoms with Crippen LogP contribution in [0.5, 0.6) is 0 Å². The monoisotopic (exact) mass is 299 g/mol. The molecule has 0 spiro atoms. The van der Waals surface area contributed by atoms with Gasteiger partial charge in [-0.1, -0.05) is 64.7 Å². The highest BCUT2D eigenvalue weighted by Gasteiger charge is 2.28. The molecule has 0 bridgehead atoms. The average Bonchev–Trinajstić information content (AvgIpc) is 2.49. The van der Waals surface area contributed by atoms with Gasteiger partial charge in [0.15, 0.2) is 0 Å². The van der Waals surface area contributed by atoms with E-state index in [0.29, 0.717) is 13.2 Å². The Morgan fingerprint density at radius 1 is 0.857 bits per heavy atom. The Morgan fingerprint density at radius 3 is 1.95 bits per heavy atom. The van der Waals surface area contributed by atoms with E-state index in [4.69, 9.17) is 4.74 Å². The normalized spacial score (nSPS) is 18.0. The number of hydrogen-bond donors (Lipinski definition) is 2. The quantitative estimate of drug-likeness (QED) is 0.504. The largest absolute Gasteiger partial charge is 0.388 e. The third kappa shape index (κ3) is 10.3. The first kappa shape index (κ1) is 18.9. The molecular weight excluding hydrogens is 262 g/mol. The lowest BCUT2D eigenvalue weighted by atomic mass is 9.94. The smallest absolute Gasteiger partial charge is 0.0815 e. The Kier molecular flexibility index (Phi) is 11.2. The third-order valence-electron chi connectivity index (χ3n) is 4.58. The second-order valence-corrected chi connectivity index (χ2v) is 6.70. The zero-order chi connectivity index (χ0) is 15.2. The molecular formula is C18H37NO2. The topological polar surface area (TPSA) is 41.5 Å². The molecule has 0 saturated carbocycles.